The Morgan fingerprint density at radius 2 is 1.89 bits per heavy atom. The Kier molecular flexibility index (Phi) is 3.65. The second-order valence-electron chi connectivity index (χ2n) is 3.72. The minimum atomic E-state index is -1.46. The zero-order valence-corrected chi connectivity index (χ0v) is 9.60. The summed E-state index contributed by atoms with van der Waals surface area (Å²) in [5.74, 6) is -3.43. The van der Waals surface area contributed by atoms with Crippen molar-refractivity contribution in [2.75, 3.05) is 5.32 Å². The maximum absolute atomic E-state index is 13.5. The van der Waals surface area contributed by atoms with Gasteiger partial charge in [-0.25, -0.2) is 23.5 Å². The normalized spacial score (nSPS) is 10.2. The number of nitrogens with zero attached hydrogens (tertiary/aromatic N) is 2. The van der Waals surface area contributed by atoms with Crippen LogP contribution in [0.1, 0.15) is 15.9 Å². The molecule has 2 rings (SSSR count). The van der Waals surface area contributed by atoms with Gasteiger partial charge in [0.1, 0.15) is 18.0 Å². The van der Waals surface area contributed by atoms with E-state index in [-0.39, 0.29) is 12.2 Å². The van der Waals surface area contributed by atoms with E-state index in [1.54, 1.807) is 0 Å². The van der Waals surface area contributed by atoms with E-state index in [9.17, 15) is 13.6 Å². The molecule has 0 aliphatic carbocycles. The fraction of sp³-hybridized carbons (Fsp3) is 0.0833. The summed E-state index contributed by atoms with van der Waals surface area (Å²) >= 11 is 0. The molecule has 0 radical (unpaired) electrons. The molecule has 0 saturated heterocycles. The molecule has 0 aliphatic heterocycles. The van der Waals surface area contributed by atoms with Crippen LogP contribution in [-0.4, -0.2) is 21.0 Å². The number of rotatable bonds is 4. The van der Waals surface area contributed by atoms with Crippen molar-refractivity contribution in [2.24, 2.45) is 0 Å². The van der Waals surface area contributed by atoms with Crippen LogP contribution < -0.4 is 5.32 Å². The molecule has 0 saturated carbocycles. The first-order valence-corrected chi connectivity index (χ1v) is 5.28. The smallest absolute Gasteiger partial charge is 0.338 e. The molecule has 1 aromatic heterocycles. The van der Waals surface area contributed by atoms with Gasteiger partial charge in [-0.1, -0.05) is 0 Å². The number of benzene rings is 1. The lowest BCUT2D eigenvalue weighted by atomic mass is 10.1. The van der Waals surface area contributed by atoms with E-state index in [1.165, 1.54) is 18.7 Å². The van der Waals surface area contributed by atoms with Crippen LogP contribution in [0.5, 0.6) is 0 Å². The fourth-order valence-corrected chi connectivity index (χ4v) is 1.47. The van der Waals surface area contributed by atoms with Crippen LogP contribution >= 0.6 is 0 Å². The lowest BCUT2D eigenvalue weighted by Gasteiger charge is -2.08. The number of hydrogen-bond acceptors (Lipinski definition) is 4. The number of aromatic nitrogens is 2. The zero-order valence-electron chi connectivity index (χ0n) is 9.60. The van der Waals surface area contributed by atoms with Gasteiger partial charge < -0.3 is 10.4 Å². The first-order valence-electron chi connectivity index (χ1n) is 5.28. The molecule has 0 spiro atoms. The standard InChI is InChI=1S/C12H9F2N3O2/c13-9-2-10(14)11(1-8(9)12(18)19)17-5-7-3-15-6-16-4-7/h1-4,6,17H,5H2,(H,18,19). The van der Waals surface area contributed by atoms with Gasteiger partial charge >= 0.3 is 5.97 Å². The maximum atomic E-state index is 13.5. The molecule has 2 N–H and O–H groups in total. The lowest BCUT2D eigenvalue weighted by Crippen LogP contribution is -2.07. The highest BCUT2D eigenvalue weighted by Gasteiger charge is 2.14. The number of carboxylic acids is 1. The fourth-order valence-electron chi connectivity index (χ4n) is 1.47. The van der Waals surface area contributed by atoms with Crippen LogP contribution in [-0.2, 0) is 6.54 Å². The molecule has 1 aromatic carbocycles. The van der Waals surface area contributed by atoms with Crippen molar-refractivity contribution in [3.8, 4) is 0 Å². The molecule has 0 aliphatic rings. The van der Waals surface area contributed by atoms with E-state index in [1.807, 2.05) is 0 Å². The average molecular weight is 265 g/mol. The van der Waals surface area contributed by atoms with Gasteiger partial charge in [0.25, 0.3) is 0 Å². The topological polar surface area (TPSA) is 75.1 Å². The molecular formula is C12H9F2N3O2. The van der Waals surface area contributed by atoms with E-state index in [0.29, 0.717) is 11.6 Å². The summed E-state index contributed by atoms with van der Waals surface area (Å²) in [5.41, 5.74) is -0.000959. The molecule has 2 aromatic rings. The third-order valence-corrected chi connectivity index (χ3v) is 2.38. The second kappa shape index (κ2) is 5.38. The lowest BCUT2D eigenvalue weighted by molar-refractivity contribution is 0.0692. The quantitative estimate of drug-likeness (QED) is 0.885. The van der Waals surface area contributed by atoms with Crippen LogP contribution in [0, 0.1) is 11.6 Å². The predicted octanol–water partition coefficient (Wildman–Crippen LogP) is 2.07. The van der Waals surface area contributed by atoms with Crippen molar-refractivity contribution in [1.82, 2.24) is 9.97 Å². The van der Waals surface area contributed by atoms with Crippen LogP contribution in [0.25, 0.3) is 0 Å². The number of halogens is 2. The SMILES string of the molecule is O=C(O)c1cc(NCc2cncnc2)c(F)cc1F. The molecule has 19 heavy (non-hydrogen) atoms. The summed E-state index contributed by atoms with van der Waals surface area (Å²) in [6.07, 6.45) is 4.41. The minimum Gasteiger partial charge on any atom is -0.478 e. The van der Waals surface area contributed by atoms with E-state index in [0.717, 1.165) is 6.07 Å². The predicted molar refractivity (Wildman–Crippen MR) is 62.7 cm³/mol. The highest BCUT2D eigenvalue weighted by molar-refractivity contribution is 5.89. The first-order chi connectivity index (χ1) is 9.08. The Hall–Kier alpha value is -2.57. The maximum Gasteiger partial charge on any atom is 0.338 e. The van der Waals surface area contributed by atoms with Gasteiger partial charge in [-0.3, -0.25) is 0 Å². The Morgan fingerprint density at radius 1 is 1.21 bits per heavy atom. The third kappa shape index (κ3) is 3.01. The monoisotopic (exact) mass is 265 g/mol. The number of carbonyl (C=O) groups is 1. The van der Waals surface area contributed by atoms with E-state index >= 15 is 0 Å². The van der Waals surface area contributed by atoms with Crippen molar-refractivity contribution in [3.05, 3.63) is 53.6 Å². The summed E-state index contributed by atoms with van der Waals surface area (Å²) in [4.78, 5) is 18.3. The molecular weight excluding hydrogens is 256 g/mol. The molecule has 0 bridgehead atoms. The molecule has 0 atom stereocenters. The molecule has 1 heterocycles. The highest BCUT2D eigenvalue weighted by Crippen LogP contribution is 2.20. The van der Waals surface area contributed by atoms with Gasteiger partial charge in [0.05, 0.1) is 11.3 Å². The average Bonchev–Trinajstić information content (AvgIpc) is 2.38. The van der Waals surface area contributed by atoms with E-state index in [2.05, 4.69) is 15.3 Å². The molecule has 0 amide bonds. The molecule has 0 fully saturated rings. The van der Waals surface area contributed by atoms with Gasteiger partial charge in [-0.15, -0.1) is 0 Å². The van der Waals surface area contributed by atoms with Gasteiger partial charge in [0, 0.05) is 30.6 Å². The Morgan fingerprint density at radius 3 is 2.53 bits per heavy atom. The number of anilines is 1. The van der Waals surface area contributed by atoms with Crippen molar-refractivity contribution in [2.45, 2.75) is 6.54 Å². The summed E-state index contributed by atoms with van der Waals surface area (Å²) in [5, 5.41) is 11.4. The molecule has 0 unspecified atom stereocenters. The van der Waals surface area contributed by atoms with Crippen molar-refractivity contribution in [1.29, 1.82) is 0 Å². The van der Waals surface area contributed by atoms with Gasteiger partial charge in [-0.05, 0) is 6.07 Å². The van der Waals surface area contributed by atoms with Crippen molar-refractivity contribution in [3.63, 3.8) is 0 Å². The Bertz CT molecular complexity index is 605. The number of hydrogen-bond donors (Lipinski definition) is 2. The first kappa shape index (κ1) is 12.9. The summed E-state index contributed by atoms with van der Waals surface area (Å²) in [6, 6.07) is 1.45. The Labute approximate surface area is 106 Å². The van der Waals surface area contributed by atoms with Crippen LogP contribution in [0.2, 0.25) is 0 Å². The van der Waals surface area contributed by atoms with Crippen LogP contribution in [0.3, 0.4) is 0 Å². The van der Waals surface area contributed by atoms with Crippen LogP contribution in [0.15, 0.2) is 30.9 Å². The van der Waals surface area contributed by atoms with Gasteiger partial charge in [-0.2, -0.15) is 0 Å². The second-order valence-corrected chi connectivity index (χ2v) is 3.72. The highest BCUT2D eigenvalue weighted by atomic mass is 19.1. The van der Waals surface area contributed by atoms with Crippen molar-refractivity contribution < 1.29 is 18.7 Å². The van der Waals surface area contributed by atoms with E-state index in [4.69, 9.17) is 5.11 Å². The number of nitrogens with one attached hydrogen (secondary N) is 1. The number of carboxylic acid groups (broad SMARTS) is 1. The van der Waals surface area contributed by atoms with Crippen LogP contribution in [0.4, 0.5) is 14.5 Å². The van der Waals surface area contributed by atoms with E-state index < -0.39 is 23.2 Å². The summed E-state index contributed by atoms with van der Waals surface area (Å²) in [6.45, 7) is 0.197. The largest absolute Gasteiger partial charge is 0.478 e. The zero-order chi connectivity index (χ0) is 13.8. The third-order valence-electron chi connectivity index (χ3n) is 2.38. The summed E-state index contributed by atoms with van der Waals surface area (Å²) in [7, 11) is 0. The molecule has 7 heteroatoms. The molecule has 5 nitrogen and oxygen atoms in total. The summed E-state index contributed by atoms with van der Waals surface area (Å²) < 4.78 is 26.6. The van der Waals surface area contributed by atoms with Gasteiger partial charge in [0.2, 0.25) is 0 Å². The number of aromatic carboxylic acids is 1. The molecule has 98 valence electrons. The Balaban J connectivity index is 2.21. The van der Waals surface area contributed by atoms with Gasteiger partial charge in [0.15, 0.2) is 0 Å². The van der Waals surface area contributed by atoms with Crippen molar-refractivity contribution >= 4 is 11.7 Å². The minimum absolute atomic E-state index is 0.0948.